The van der Waals surface area contributed by atoms with Crippen LogP contribution in [0.1, 0.15) is 23.0 Å². The van der Waals surface area contributed by atoms with E-state index in [4.69, 9.17) is 5.73 Å². The molecule has 0 radical (unpaired) electrons. The molecule has 1 aromatic heterocycles. The van der Waals surface area contributed by atoms with E-state index in [1.165, 1.54) is 18.2 Å². The lowest BCUT2D eigenvalue weighted by Gasteiger charge is -2.15. The largest absolute Gasteiger partial charge is 0.319 e. The van der Waals surface area contributed by atoms with Crippen LogP contribution < -0.4 is 11.2 Å². The minimum Gasteiger partial charge on any atom is -0.319 e. The third kappa shape index (κ3) is 3.05. The molecule has 23 heavy (non-hydrogen) atoms. The summed E-state index contributed by atoms with van der Waals surface area (Å²) in [5, 5.41) is 4.43. The molecule has 3 aromatic rings. The molecule has 116 valence electrons. The van der Waals surface area contributed by atoms with Gasteiger partial charge in [0.2, 0.25) is 5.43 Å². The van der Waals surface area contributed by atoms with Crippen molar-refractivity contribution in [3.05, 3.63) is 93.7 Å². The van der Waals surface area contributed by atoms with E-state index in [1.54, 1.807) is 16.8 Å². The van der Waals surface area contributed by atoms with Crippen LogP contribution in [0.4, 0.5) is 4.39 Å². The van der Waals surface area contributed by atoms with Gasteiger partial charge in [-0.05, 0) is 36.8 Å². The Morgan fingerprint density at radius 2 is 1.74 bits per heavy atom. The van der Waals surface area contributed by atoms with Crippen LogP contribution in [-0.2, 0) is 0 Å². The van der Waals surface area contributed by atoms with Gasteiger partial charge in [-0.3, -0.25) is 4.79 Å². The highest BCUT2D eigenvalue weighted by molar-refractivity contribution is 5.34. The van der Waals surface area contributed by atoms with Gasteiger partial charge >= 0.3 is 0 Å². The highest BCUT2D eigenvalue weighted by atomic mass is 19.1. The van der Waals surface area contributed by atoms with E-state index >= 15 is 0 Å². The van der Waals surface area contributed by atoms with Gasteiger partial charge in [0, 0.05) is 11.8 Å². The van der Waals surface area contributed by atoms with Crippen LogP contribution in [0.2, 0.25) is 0 Å². The summed E-state index contributed by atoms with van der Waals surface area (Å²) < 4.78 is 14.7. The highest BCUT2D eigenvalue weighted by Crippen LogP contribution is 2.17. The zero-order valence-corrected chi connectivity index (χ0v) is 12.6. The quantitative estimate of drug-likeness (QED) is 0.809. The van der Waals surface area contributed by atoms with Crippen molar-refractivity contribution >= 4 is 0 Å². The number of benzene rings is 2. The lowest BCUT2D eigenvalue weighted by molar-refractivity contribution is 0.625. The van der Waals surface area contributed by atoms with Gasteiger partial charge < -0.3 is 5.73 Å². The van der Waals surface area contributed by atoms with Crippen LogP contribution in [0.5, 0.6) is 0 Å². The first-order valence-electron chi connectivity index (χ1n) is 7.23. The number of aromatic nitrogens is 2. The van der Waals surface area contributed by atoms with E-state index in [9.17, 15) is 9.18 Å². The molecule has 0 fully saturated rings. The fourth-order valence-corrected chi connectivity index (χ4v) is 2.43. The van der Waals surface area contributed by atoms with Gasteiger partial charge in [0.05, 0.1) is 11.7 Å². The normalized spacial score (nSPS) is 12.1. The van der Waals surface area contributed by atoms with Gasteiger partial charge in [0.25, 0.3) is 0 Å². The molecule has 0 spiro atoms. The van der Waals surface area contributed by atoms with Crippen LogP contribution in [0.25, 0.3) is 5.69 Å². The van der Waals surface area contributed by atoms with Gasteiger partial charge in [-0.25, -0.2) is 9.07 Å². The second-order valence-corrected chi connectivity index (χ2v) is 5.31. The standard InChI is InChI=1S/C18H16FN3O/c1-12-11-16(23)18(17(20)13-7-9-14(19)10-8-13)21-22(12)15-5-3-2-4-6-15/h2-11,17H,20H2,1H3. The number of aryl methyl sites for hydroxylation is 1. The molecule has 3 rings (SSSR count). The molecule has 2 N–H and O–H groups in total. The molecule has 0 bridgehead atoms. The molecule has 0 saturated heterocycles. The average molecular weight is 309 g/mol. The Kier molecular flexibility index (Phi) is 4.04. The summed E-state index contributed by atoms with van der Waals surface area (Å²) in [5.74, 6) is -0.348. The molecule has 0 saturated carbocycles. The number of hydrogen-bond donors (Lipinski definition) is 1. The maximum atomic E-state index is 13.0. The van der Waals surface area contributed by atoms with Crippen molar-refractivity contribution in [1.82, 2.24) is 9.78 Å². The lowest BCUT2D eigenvalue weighted by Crippen LogP contribution is -2.26. The third-order valence-corrected chi connectivity index (χ3v) is 3.66. The SMILES string of the molecule is Cc1cc(=O)c(C(N)c2ccc(F)cc2)nn1-c1ccccc1. The second-order valence-electron chi connectivity index (χ2n) is 5.31. The number of rotatable bonds is 3. The van der Waals surface area contributed by atoms with E-state index in [-0.39, 0.29) is 16.9 Å². The lowest BCUT2D eigenvalue weighted by atomic mass is 10.0. The Balaban J connectivity index is 2.09. The Morgan fingerprint density at radius 1 is 1.09 bits per heavy atom. The molecular formula is C18H16FN3O. The molecule has 5 heteroatoms. The Hall–Kier alpha value is -2.79. The number of nitrogens with two attached hydrogens (primary N) is 1. The summed E-state index contributed by atoms with van der Waals surface area (Å²) in [4.78, 5) is 12.3. The molecule has 1 unspecified atom stereocenters. The fraction of sp³-hybridized carbons (Fsp3) is 0.111. The summed E-state index contributed by atoms with van der Waals surface area (Å²) in [6.45, 7) is 1.81. The molecule has 0 amide bonds. The van der Waals surface area contributed by atoms with Crippen LogP contribution in [0.3, 0.4) is 0 Å². The molecule has 1 heterocycles. The smallest absolute Gasteiger partial charge is 0.205 e. The highest BCUT2D eigenvalue weighted by Gasteiger charge is 2.16. The van der Waals surface area contributed by atoms with Crippen molar-refractivity contribution in [3.63, 3.8) is 0 Å². The Labute approximate surface area is 133 Å². The van der Waals surface area contributed by atoms with Gasteiger partial charge in [-0.15, -0.1) is 0 Å². The zero-order chi connectivity index (χ0) is 16.4. The first-order chi connectivity index (χ1) is 11.1. The second kappa shape index (κ2) is 6.14. The maximum absolute atomic E-state index is 13.0. The van der Waals surface area contributed by atoms with Gasteiger partial charge in [0.15, 0.2) is 0 Å². The van der Waals surface area contributed by atoms with Crippen LogP contribution in [0.15, 0.2) is 65.5 Å². The van der Waals surface area contributed by atoms with E-state index < -0.39 is 6.04 Å². The molecule has 0 aliphatic heterocycles. The minimum atomic E-state index is -0.710. The predicted octanol–water partition coefficient (Wildman–Crippen LogP) is 2.73. The summed E-state index contributed by atoms with van der Waals surface area (Å²) in [7, 11) is 0. The first kappa shape index (κ1) is 15.1. The number of para-hydroxylation sites is 1. The maximum Gasteiger partial charge on any atom is 0.205 e. The van der Waals surface area contributed by atoms with Crippen molar-refractivity contribution in [2.45, 2.75) is 13.0 Å². The van der Waals surface area contributed by atoms with Crippen molar-refractivity contribution in [3.8, 4) is 5.69 Å². The van der Waals surface area contributed by atoms with Gasteiger partial charge in [-0.2, -0.15) is 5.10 Å². The Bertz CT molecular complexity index is 873. The molecule has 4 nitrogen and oxygen atoms in total. The number of hydrogen-bond acceptors (Lipinski definition) is 3. The number of nitrogens with zero attached hydrogens (tertiary/aromatic N) is 2. The van der Waals surface area contributed by atoms with Crippen LogP contribution in [-0.4, -0.2) is 9.78 Å². The van der Waals surface area contributed by atoms with Gasteiger partial charge in [0.1, 0.15) is 11.5 Å². The minimum absolute atomic E-state index is 0.228. The van der Waals surface area contributed by atoms with E-state index in [0.29, 0.717) is 5.56 Å². The summed E-state index contributed by atoms with van der Waals surface area (Å²) in [5.41, 5.74) is 8.37. The molecule has 0 aliphatic carbocycles. The van der Waals surface area contributed by atoms with E-state index in [2.05, 4.69) is 5.10 Å². The molecule has 0 aliphatic rings. The number of halogens is 1. The fourth-order valence-electron chi connectivity index (χ4n) is 2.43. The summed E-state index contributed by atoms with van der Waals surface area (Å²) >= 11 is 0. The van der Waals surface area contributed by atoms with E-state index in [0.717, 1.165) is 11.4 Å². The summed E-state index contributed by atoms with van der Waals surface area (Å²) in [6.07, 6.45) is 0. The van der Waals surface area contributed by atoms with Crippen molar-refractivity contribution in [1.29, 1.82) is 0 Å². The Morgan fingerprint density at radius 3 is 2.39 bits per heavy atom. The van der Waals surface area contributed by atoms with Crippen molar-refractivity contribution in [2.24, 2.45) is 5.73 Å². The van der Waals surface area contributed by atoms with Crippen molar-refractivity contribution in [2.75, 3.05) is 0 Å². The predicted molar refractivity (Wildman–Crippen MR) is 87.0 cm³/mol. The third-order valence-electron chi connectivity index (χ3n) is 3.66. The van der Waals surface area contributed by atoms with Gasteiger partial charge in [-0.1, -0.05) is 30.3 Å². The topological polar surface area (TPSA) is 60.9 Å². The van der Waals surface area contributed by atoms with Crippen LogP contribution >= 0.6 is 0 Å². The summed E-state index contributed by atoms with van der Waals surface area (Å²) in [6, 6.07) is 16.1. The molecular weight excluding hydrogens is 293 g/mol. The zero-order valence-electron chi connectivity index (χ0n) is 12.6. The molecule has 1 atom stereocenters. The first-order valence-corrected chi connectivity index (χ1v) is 7.23. The molecule has 2 aromatic carbocycles. The average Bonchev–Trinajstić information content (AvgIpc) is 2.56. The van der Waals surface area contributed by atoms with Crippen molar-refractivity contribution < 1.29 is 4.39 Å². The monoisotopic (exact) mass is 309 g/mol. The van der Waals surface area contributed by atoms with Crippen LogP contribution in [0, 0.1) is 12.7 Å². The van der Waals surface area contributed by atoms with E-state index in [1.807, 2.05) is 37.3 Å².